The van der Waals surface area contributed by atoms with Crippen LogP contribution in [0.25, 0.3) is 0 Å². The van der Waals surface area contributed by atoms with E-state index in [1.54, 1.807) is 0 Å². The molecule has 0 spiro atoms. The van der Waals surface area contributed by atoms with Crippen LogP contribution in [-0.4, -0.2) is 7.28 Å². The summed E-state index contributed by atoms with van der Waals surface area (Å²) in [6.07, 6.45) is 3.75. The SMILES string of the molecule is CCC(C)(C)[B]CC(C)(C)CC. The highest BCUT2D eigenvalue weighted by Crippen LogP contribution is 2.34. The first-order valence-electron chi connectivity index (χ1n) is 5.17. The first-order valence-corrected chi connectivity index (χ1v) is 5.17. The van der Waals surface area contributed by atoms with Crippen molar-refractivity contribution < 1.29 is 0 Å². The molecule has 12 heavy (non-hydrogen) atoms. The first kappa shape index (κ1) is 12.1. The zero-order chi connectivity index (χ0) is 9.83. The van der Waals surface area contributed by atoms with Crippen molar-refractivity contribution >= 4 is 7.28 Å². The van der Waals surface area contributed by atoms with Crippen LogP contribution in [0.15, 0.2) is 0 Å². The zero-order valence-corrected chi connectivity index (χ0v) is 9.70. The number of hydrogen-bond acceptors (Lipinski definition) is 0. The predicted octanol–water partition coefficient (Wildman–Crippen LogP) is 4.15. The molecule has 0 aromatic rings. The average Bonchev–Trinajstić information content (AvgIpc) is 2.02. The van der Waals surface area contributed by atoms with E-state index in [4.69, 9.17) is 0 Å². The van der Waals surface area contributed by atoms with Crippen LogP contribution >= 0.6 is 0 Å². The van der Waals surface area contributed by atoms with Crippen molar-refractivity contribution in [2.45, 2.75) is 66.0 Å². The van der Waals surface area contributed by atoms with E-state index in [-0.39, 0.29) is 0 Å². The van der Waals surface area contributed by atoms with Gasteiger partial charge in [-0.05, 0) is 5.41 Å². The minimum Gasteiger partial charge on any atom is -0.0746 e. The molecule has 0 rings (SSSR count). The van der Waals surface area contributed by atoms with Gasteiger partial charge in [-0.2, -0.15) is 0 Å². The summed E-state index contributed by atoms with van der Waals surface area (Å²) in [6, 6.07) is 0. The summed E-state index contributed by atoms with van der Waals surface area (Å²) in [6.45, 7) is 13.9. The van der Waals surface area contributed by atoms with Gasteiger partial charge in [0.05, 0.1) is 0 Å². The Morgan fingerprint density at radius 2 is 1.42 bits per heavy atom. The molecule has 0 atom stereocenters. The maximum atomic E-state index is 2.48. The van der Waals surface area contributed by atoms with Crippen LogP contribution in [0.2, 0.25) is 11.6 Å². The molecule has 0 saturated carbocycles. The highest BCUT2D eigenvalue weighted by molar-refractivity contribution is 6.39. The van der Waals surface area contributed by atoms with E-state index in [0.717, 1.165) is 0 Å². The fraction of sp³-hybridized carbons (Fsp3) is 1.00. The third kappa shape index (κ3) is 4.85. The monoisotopic (exact) mass is 167 g/mol. The third-order valence-electron chi connectivity index (χ3n) is 3.08. The van der Waals surface area contributed by atoms with Crippen molar-refractivity contribution in [1.29, 1.82) is 0 Å². The Hall–Kier alpha value is 0.0649. The Balaban J connectivity index is 3.82. The van der Waals surface area contributed by atoms with Gasteiger partial charge in [0.15, 0.2) is 0 Å². The molecule has 0 fully saturated rings. The van der Waals surface area contributed by atoms with E-state index in [1.165, 1.54) is 19.2 Å². The zero-order valence-electron chi connectivity index (χ0n) is 9.70. The van der Waals surface area contributed by atoms with E-state index >= 15 is 0 Å². The van der Waals surface area contributed by atoms with E-state index in [0.29, 0.717) is 10.7 Å². The fourth-order valence-electron chi connectivity index (χ4n) is 0.841. The van der Waals surface area contributed by atoms with E-state index in [9.17, 15) is 0 Å². The molecule has 0 aromatic carbocycles. The van der Waals surface area contributed by atoms with Gasteiger partial charge in [-0.1, -0.05) is 66.0 Å². The molecule has 0 nitrogen and oxygen atoms in total. The van der Waals surface area contributed by atoms with Crippen LogP contribution in [0.5, 0.6) is 0 Å². The molecule has 1 radical (unpaired) electrons. The van der Waals surface area contributed by atoms with Gasteiger partial charge in [-0.3, -0.25) is 0 Å². The topological polar surface area (TPSA) is 0 Å². The predicted molar refractivity (Wildman–Crippen MR) is 59.0 cm³/mol. The molecular weight excluding hydrogens is 143 g/mol. The molecule has 0 heterocycles. The highest BCUT2D eigenvalue weighted by Gasteiger charge is 2.22. The Labute approximate surface area is 79.4 Å². The lowest BCUT2D eigenvalue weighted by Crippen LogP contribution is -2.19. The van der Waals surface area contributed by atoms with Gasteiger partial charge >= 0.3 is 0 Å². The standard InChI is InChI=1S/C11H24B/c1-7-10(3,4)9-12-11(5,6)8-2/h7-9H2,1-6H3. The highest BCUT2D eigenvalue weighted by atomic mass is 14.2. The third-order valence-corrected chi connectivity index (χ3v) is 3.08. The summed E-state index contributed by atoms with van der Waals surface area (Å²) < 4.78 is 0. The quantitative estimate of drug-likeness (QED) is 0.539. The fourth-order valence-corrected chi connectivity index (χ4v) is 0.841. The summed E-state index contributed by atoms with van der Waals surface area (Å²) in [5.41, 5.74) is 0.493. The molecule has 0 N–H and O–H groups in total. The average molecular weight is 167 g/mol. The van der Waals surface area contributed by atoms with E-state index in [2.05, 4.69) is 48.8 Å². The smallest absolute Gasteiger partial charge is 0.0746 e. The van der Waals surface area contributed by atoms with Crippen molar-refractivity contribution in [3.63, 3.8) is 0 Å². The Morgan fingerprint density at radius 1 is 0.917 bits per heavy atom. The molecule has 1 heteroatoms. The Bertz CT molecular complexity index is 109. The molecule has 0 aromatic heterocycles. The minimum atomic E-state index is 0.423. The lowest BCUT2D eigenvalue weighted by Gasteiger charge is -2.28. The van der Waals surface area contributed by atoms with Crippen LogP contribution < -0.4 is 0 Å². The van der Waals surface area contributed by atoms with Crippen LogP contribution in [0.4, 0.5) is 0 Å². The van der Waals surface area contributed by atoms with Gasteiger partial charge in [-0.25, -0.2) is 0 Å². The van der Waals surface area contributed by atoms with Crippen LogP contribution in [0, 0.1) is 5.41 Å². The number of hydrogen-bond donors (Lipinski definition) is 0. The summed E-state index contributed by atoms with van der Waals surface area (Å²) in [5.74, 6) is 0. The summed E-state index contributed by atoms with van der Waals surface area (Å²) in [4.78, 5) is 0. The van der Waals surface area contributed by atoms with Gasteiger partial charge in [0, 0.05) is 0 Å². The van der Waals surface area contributed by atoms with Gasteiger partial charge in [-0.15, -0.1) is 0 Å². The largest absolute Gasteiger partial charge is 0.117 e. The van der Waals surface area contributed by atoms with E-state index < -0.39 is 0 Å². The molecule has 0 saturated heterocycles. The first-order chi connectivity index (χ1) is 5.33. The van der Waals surface area contributed by atoms with Crippen LogP contribution in [0.3, 0.4) is 0 Å². The van der Waals surface area contributed by atoms with Gasteiger partial charge in [0.1, 0.15) is 7.28 Å². The van der Waals surface area contributed by atoms with Crippen molar-refractivity contribution in [2.24, 2.45) is 5.41 Å². The van der Waals surface area contributed by atoms with Crippen LogP contribution in [-0.2, 0) is 0 Å². The molecule has 0 aliphatic rings. The number of rotatable bonds is 5. The maximum Gasteiger partial charge on any atom is 0.117 e. The maximum absolute atomic E-state index is 2.48. The molecule has 0 aliphatic heterocycles. The molecule has 0 unspecified atom stereocenters. The van der Waals surface area contributed by atoms with Crippen molar-refractivity contribution in [3.8, 4) is 0 Å². The van der Waals surface area contributed by atoms with Crippen LogP contribution in [0.1, 0.15) is 54.4 Å². The molecule has 0 bridgehead atoms. The Morgan fingerprint density at radius 3 is 1.75 bits per heavy atom. The molecular formula is C11H24B. The van der Waals surface area contributed by atoms with Gasteiger partial charge in [0.2, 0.25) is 0 Å². The Kier molecular flexibility index (Phi) is 4.37. The van der Waals surface area contributed by atoms with Crippen molar-refractivity contribution in [1.82, 2.24) is 0 Å². The second-order valence-corrected chi connectivity index (χ2v) is 5.27. The molecule has 0 aliphatic carbocycles. The lowest BCUT2D eigenvalue weighted by molar-refractivity contribution is 0.391. The van der Waals surface area contributed by atoms with E-state index in [1.807, 2.05) is 0 Å². The van der Waals surface area contributed by atoms with Crippen molar-refractivity contribution in [2.75, 3.05) is 0 Å². The van der Waals surface area contributed by atoms with Crippen molar-refractivity contribution in [3.05, 3.63) is 0 Å². The molecule has 0 amide bonds. The normalized spacial score (nSPS) is 13.2. The second kappa shape index (κ2) is 4.34. The summed E-state index contributed by atoms with van der Waals surface area (Å²) in [7, 11) is 2.48. The second-order valence-electron chi connectivity index (χ2n) is 5.27. The van der Waals surface area contributed by atoms with Gasteiger partial charge < -0.3 is 0 Å². The summed E-state index contributed by atoms with van der Waals surface area (Å²) >= 11 is 0. The minimum absolute atomic E-state index is 0.423. The summed E-state index contributed by atoms with van der Waals surface area (Å²) in [5, 5.41) is 0.423. The lowest BCUT2D eigenvalue weighted by atomic mass is 9.47. The van der Waals surface area contributed by atoms with Gasteiger partial charge in [0.25, 0.3) is 0 Å². The molecule has 71 valence electrons.